The van der Waals surface area contributed by atoms with Gasteiger partial charge in [-0.3, -0.25) is 14.5 Å². The van der Waals surface area contributed by atoms with Gasteiger partial charge in [-0.2, -0.15) is 0 Å². The van der Waals surface area contributed by atoms with E-state index in [0.717, 1.165) is 36.9 Å². The predicted octanol–water partition coefficient (Wildman–Crippen LogP) is 5.12. The highest BCUT2D eigenvalue weighted by atomic mass is 32.2. The molecule has 1 N–H and O–H groups in total. The first-order valence-electron chi connectivity index (χ1n) is 9.72. The lowest BCUT2D eigenvalue weighted by Crippen LogP contribution is -2.28. The molecule has 0 bridgehead atoms. The lowest BCUT2D eigenvalue weighted by molar-refractivity contribution is -0.120. The van der Waals surface area contributed by atoms with Gasteiger partial charge in [0.25, 0.3) is 0 Å². The zero-order chi connectivity index (χ0) is 19.5. The zero-order valence-corrected chi connectivity index (χ0v) is 16.4. The fourth-order valence-electron chi connectivity index (χ4n) is 3.92. The van der Waals surface area contributed by atoms with E-state index in [2.05, 4.69) is 5.32 Å². The first-order valence-corrected chi connectivity index (χ1v) is 10.8. The van der Waals surface area contributed by atoms with Crippen LogP contribution in [0, 0.1) is 11.7 Å². The van der Waals surface area contributed by atoms with Crippen LogP contribution in [0.15, 0.2) is 48.5 Å². The summed E-state index contributed by atoms with van der Waals surface area (Å²) in [5.74, 6) is 0.178. The Balaban J connectivity index is 1.48. The number of nitrogens with one attached hydrogen (secondary N) is 1. The molecule has 2 amide bonds. The van der Waals surface area contributed by atoms with Crippen LogP contribution in [0.2, 0.25) is 0 Å². The molecule has 146 valence electrons. The van der Waals surface area contributed by atoms with Crippen molar-refractivity contribution in [1.82, 2.24) is 0 Å². The SMILES string of the molecule is O=C(Nc1ccc([C@@H]2SCC(=O)N2c2cccc(F)c2)cc1)C1CCCCC1. The molecular formula is C22H23FN2O2S. The first kappa shape index (κ1) is 19.0. The molecule has 4 rings (SSSR count). The van der Waals surface area contributed by atoms with Gasteiger partial charge in [-0.25, -0.2) is 4.39 Å². The molecule has 2 fully saturated rings. The van der Waals surface area contributed by atoms with E-state index < -0.39 is 0 Å². The molecule has 28 heavy (non-hydrogen) atoms. The van der Waals surface area contributed by atoms with Crippen LogP contribution >= 0.6 is 11.8 Å². The second kappa shape index (κ2) is 8.35. The van der Waals surface area contributed by atoms with Crippen molar-refractivity contribution in [3.63, 3.8) is 0 Å². The van der Waals surface area contributed by atoms with Crippen molar-refractivity contribution in [3.8, 4) is 0 Å². The van der Waals surface area contributed by atoms with Crippen LogP contribution in [0.5, 0.6) is 0 Å². The Morgan fingerprint density at radius 1 is 1.07 bits per heavy atom. The summed E-state index contributed by atoms with van der Waals surface area (Å²) in [6.45, 7) is 0. The third kappa shape index (κ3) is 4.07. The van der Waals surface area contributed by atoms with Crippen LogP contribution in [0.4, 0.5) is 15.8 Å². The van der Waals surface area contributed by atoms with E-state index in [1.807, 2.05) is 24.3 Å². The van der Waals surface area contributed by atoms with Crippen LogP contribution < -0.4 is 10.2 Å². The van der Waals surface area contributed by atoms with Crippen molar-refractivity contribution in [2.75, 3.05) is 16.0 Å². The maximum absolute atomic E-state index is 13.6. The monoisotopic (exact) mass is 398 g/mol. The molecular weight excluding hydrogens is 375 g/mol. The largest absolute Gasteiger partial charge is 0.326 e. The van der Waals surface area contributed by atoms with E-state index in [1.54, 1.807) is 17.0 Å². The van der Waals surface area contributed by atoms with E-state index >= 15 is 0 Å². The zero-order valence-electron chi connectivity index (χ0n) is 15.6. The highest BCUT2D eigenvalue weighted by Crippen LogP contribution is 2.42. The second-order valence-corrected chi connectivity index (χ2v) is 8.42. The topological polar surface area (TPSA) is 49.4 Å². The highest BCUT2D eigenvalue weighted by Gasteiger charge is 2.34. The molecule has 2 aromatic carbocycles. The Morgan fingerprint density at radius 3 is 2.54 bits per heavy atom. The fraction of sp³-hybridized carbons (Fsp3) is 0.364. The molecule has 1 saturated carbocycles. The van der Waals surface area contributed by atoms with Crippen LogP contribution in [0.3, 0.4) is 0 Å². The summed E-state index contributed by atoms with van der Waals surface area (Å²) in [5.41, 5.74) is 2.29. The normalized spacial score (nSPS) is 20.4. The first-order chi connectivity index (χ1) is 13.6. The third-order valence-electron chi connectivity index (χ3n) is 5.39. The number of amides is 2. The molecule has 1 atom stereocenters. The molecule has 4 nitrogen and oxygen atoms in total. The molecule has 1 aliphatic carbocycles. The second-order valence-electron chi connectivity index (χ2n) is 7.35. The molecule has 0 aromatic heterocycles. The van der Waals surface area contributed by atoms with Crippen molar-refractivity contribution in [2.24, 2.45) is 5.92 Å². The number of nitrogens with zero attached hydrogens (tertiary/aromatic N) is 1. The number of anilines is 2. The Morgan fingerprint density at radius 2 is 1.82 bits per heavy atom. The highest BCUT2D eigenvalue weighted by molar-refractivity contribution is 8.00. The van der Waals surface area contributed by atoms with E-state index in [4.69, 9.17) is 0 Å². The van der Waals surface area contributed by atoms with Crippen LogP contribution in [0.25, 0.3) is 0 Å². The number of thioether (sulfide) groups is 1. The minimum Gasteiger partial charge on any atom is -0.326 e. The lowest BCUT2D eigenvalue weighted by atomic mass is 9.88. The fourth-order valence-corrected chi connectivity index (χ4v) is 5.09. The summed E-state index contributed by atoms with van der Waals surface area (Å²) in [6, 6.07) is 13.7. The molecule has 1 aliphatic heterocycles. The summed E-state index contributed by atoms with van der Waals surface area (Å²) in [5, 5.41) is 2.82. The van der Waals surface area contributed by atoms with Crippen LogP contribution in [-0.2, 0) is 9.59 Å². The van der Waals surface area contributed by atoms with Gasteiger partial charge in [0, 0.05) is 17.3 Å². The van der Waals surface area contributed by atoms with E-state index in [1.165, 1.54) is 30.3 Å². The van der Waals surface area contributed by atoms with Gasteiger partial charge in [-0.1, -0.05) is 37.5 Å². The number of halogens is 1. The van der Waals surface area contributed by atoms with Gasteiger partial charge in [0.1, 0.15) is 11.2 Å². The molecule has 1 heterocycles. The molecule has 0 radical (unpaired) electrons. The molecule has 0 unspecified atom stereocenters. The Kier molecular flexibility index (Phi) is 5.67. The number of hydrogen-bond donors (Lipinski definition) is 1. The summed E-state index contributed by atoms with van der Waals surface area (Å²) in [4.78, 5) is 26.4. The van der Waals surface area contributed by atoms with Gasteiger partial charge in [-0.15, -0.1) is 11.8 Å². The summed E-state index contributed by atoms with van der Waals surface area (Å²) in [7, 11) is 0. The maximum atomic E-state index is 13.6. The molecule has 6 heteroatoms. The average molecular weight is 399 g/mol. The minimum atomic E-state index is -0.360. The van der Waals surface area contributed by atoms with Gasteiger partial charge >= 0.3 is 0 Å². The summed E-state index contributed by atoms with van der Waals surface area (Å²) >= 11 is 1.52. The molecule has 2 aromatic rings. The maximum Gasteiger partial charge on any atom is 0.238 e. The third-order valence-corrected chi connectivity index (χ3v) is 6.61. The van der Waals surface area contributed by atoms with Gasteiger partial charge < -0.3 is 5.32 Å². The van der Waals surface area contributed by atoms with Crippen molar-refractivity contribution in [2.45, 2.75) is 37.5 Å². The number of carbonyl (C=O) groups is 2. The van der Waals surface area contributed by atoms with Gasteiger partial charge in [0.15, 0.2) is 0 Å². The summed E-state index contributed by atoms with van der Waals surface area (Å²) < 4.78 is 13.6. The van der Waals surface area contributed by atoms with Crippen LogP contribution in [-0.4, -0.2) is 17.6 Å². The van der Waals surface area contributed by atoms with Gasteiger partial charge in [0.05, 0.1) is 5.75 Å². The van der Waals surface area contributed by atoms with E-state index in [0.29, 0.717) is 11.4 Å². The van der Waals surface area contributed by atoms with E-state index in [9.17, 15) is 14.0 Å². The van der Waals surface area contributed by atoms with Crippen molar-refractivity contribution < 1.29 is 14.0 Å². The van der Waals surface area contributed by atoms with E-state index in [-0.39, 0.29) is 28.9 Å². The predicted molar refractivity (Wildman–Crippen MR) is 111 cm³/mol. The Hall–Kier alpha value is -2.34. The standard InChI is InChI=1S/C22H23FN2O2S/c23-17-7-4-8-19(13-17)25-20(26)14-28-22(25)16-9-11-18(12-10-16)24-21(27)15-5-2-1-3-6-15/h4,7-13,15,22H,1-3,5-6,14H2,(H,24,27)/t22-/m0/s1. The number of benzene rings is 2. The van der Waals surface area contributed by atoms with Crippen molar-refractivity contribution in [3.05, 3.63) is 59.9 Å². The molecule has 0 spiro atoms. The lowest BCUT2D eigenvalue weighted by Gasteiger charge is -2.25. The molecule has 1 saturated heterocycles. The quantitative estimate of drug-likeness (QED) is 0.777. The van der Waals surface area contributed by atoms with Gasteiger partial charge in [-0.05, 0) is 48.7 Å². The smallest absolute Gasteiger partial charge is 0.238 e. The summed E-state index contributed by atoms with van der Waals surface area (Å²) in [6.07, 6.45) is 5.40. The number of hydrogen-bond acceptors (Lipinski definition) is 3. The molecule has 2 aliphatic rings. The average Bonchev–Trinajstić information content (AvgIpc) is 3.10. The van der Waals surface area contributed by atoms with Crippen molar-refractivity contribution >= 4 is 35.0 Å². The van der Waals surface area contributed by atoms with Crippen LogP contribution in [0.1, 0.15) is 43.0 Å². The van der Waals surface area contributed by atoms with Gasteiger partial charge in [0.2, 0.25) is 11.8 Å². The Labute approximate surface area is 168 Å². The number of rotatable bonds is 4. The number of carbonyl (C=O) groups excluding carboxylic acids is 2. The minimum absolute atomic E-state index is 0.0322. The van der Waals surface area contributed by atoms with Crippen molar-refractivity contribution in [1.29, 1.82) is 0 Å². The Bertz CT molecular complexity index is 865.